The number of hydrogen-bond acceptors (Lipinski definition) is 3. The summed E-state index contributed by atoms with van der Waals surface area (Å²) in [5.74, 6) is -0.396. The molecule has 90 valence electrons. The molecule has 2 atom stereocenters. The number of carbonyl (C=O) groups excluding carboxylic acids is 2. The van der Waals surface area contributed by atoms with Gasteiger partial charge in [0.2, 0.25) is 0 Å². The van der Waals surface area contributed by atoms with Gasteiger partial charge in [0.05, 0.1) is 5.92 Å². The summed E-state index contributed by atoms with van der Waals surface area (Å²) < 4.78 is 4.89. The van der Waals surface area contributed by atoms with Crippen molar-refractivity contribution < 1.29 is 14.3 Å². The third kappa shape index (κ3) is 6.26. The smallest absolute Gasteiger partial charge is 0.309 e. The molecular formula is C12H24O3. The van der Waals surface area contributed by atoms with E-state index in [2.05, 4.69) is 0 Å². The third-order valence-corrected chi connectivity index (χ3v) is 2.53. The highest BCUT2D eigenvalue weighted by molar-refractivity contribution is 5.84. The first kappa shape index (κ1) is 16.6. The van der Waals surface area contributed by atoms with Gasteiger partial charge in [-0.25, -0.2) is 0 Å². The van der Waals surface area contributed by atoms with Crippen LogP contribution in [0.5, 0.6) is 0 Å². The highest BCUT2D eigenvalue weighted by Gasteiger charge is 2.16. The van der Waals surface area contributed by atoms with Crippen LogP contribution in [-0.2, 0) is 14.3 Å². The van der Waals surface area contributed by atoms with Gasteiger partial charge in [-0.3, -0.25) is 9.59 Å². The van der Waals surface area contributed by atoms with E-state index in [1.165, 1.54) is 0 Å². The minimum absolute atomic E-state index is 0. The van der Waals surface area contributed by atoms with Crippen LogP contribution >= 0.6 is 0 Å². The monoisotopic (exact) mass is 216 g/mol. The Labute approximate surface area is 93.2 Å². The molecule has 0 aromatic carbocycles. The van der Waals surface area contributed by atoms with Crippen molar-refractivity contribution in [2.24, 2.45) is 11.8 Å². The minimum Gasteiger partial charge on any atom is -0.457 e. The molecule has 15 heavy (non-hydrogen) atoms. The van der Waals surface area contributed by atoms with Crippen LogP contribution in [0.25, 0.3) is 0 Å². The molecule has 0 aliphatic carbocycles. The van der Waals surface area contributed by atoms with E-state index >= 15 is 0 Å². The zero-order valence-electron chi connectivity index (χ0n) is 9.50. The Balaban J connectivity index is 0. The van der Waals surface area contributed by atoms with Gasteiger partial charge in [0.1, 0.15) is 6.61 Å². The maximum Gasteiger partial charge on any atom is 0.309 e. The van der Waals surface area contributed by atoms with Crippen molar-refractivity contribution in [1.82, 2.24) is 0 Å². The first-order valence-electron chi connectivity index (χ1n) is 5.22. The highest BCUT2D eigenvalue weighted by atomic mass is 16.5. The molecule has 0 aliphatic heterocycles. The number of rotatable bonds is 6. The first-order valence-corrected chi connectivity index (χ1v) is 5.22. The number of esters is 1. The lowest BCUT2D eigenvalue weighted by Gasteiger charge is -2.10. The molecule has 0 amide bonds. The molecular weight excluding hydrogens is 192 g/mol. The molecule has 0 heterocycles. The molecule has 0 saturated heterocycles. The van der Waals surface area contributed by atoms with Gasteiger partial charge in [-0.15, -0.1) is 0 Å². The lowest BCUT2D eigenvalue weighted by Crippen LogP contribution is -2.22. The summed E-state index contributed by atoms with van der Waals surface area (Å²) in [7, 11) is 0. The zero-order chi connectivity index (χ0) is 11.1. The Kier molecular flexibility index (Phi) is 9.33. The van der Waals surface area contributed by atoms with Gasteiger partial charge in [0.15, 0.2) is 5.78 Å². The fraction of sp³-hybridized carbons (Fsp3) is 0.833. The van der Waals surface area contributed by atoms with Crippen molar-refractivity contribution in [3.05, 3.63) is 0 Å². The average molecular weight is 216 g/mol. The minimum atomic E-state index is -0.274. The van der Waals surface area contributed by atoms with Crippen LogP contribution in [0.3, 0.4) is 0 Å². The van der Waals surface area contributed by atoms with Crippen molar-refractivity contribution in [3.8, 4) is 0 Å². The second kappa shape index (κ2) is 8.45. The molecule has 0 aromatic rings. The Morgan fingerprint density at radius 2 is 1.53 bits per heavy atom. The summed E-state index contributed by atoms with van der Waals surface area (Å²) in [6.07, 6.45) is 1.54. The first-order chi connectivity index (χ1) is 6.52. The Hall–Kier alpha value is -0.860. The van der Waals surface area contributed by atoms with Crippen molar-refractivity contribution in [3.63, 3.8) is 0 Å². The van der Waals surface area contributed by atoms with Crippen LogP contribution in [-0.4, -0.2) is 18.4 Å². The molecule has 0 saturated carbocycles. The Morgan fingerprint density at radius 1 is 1.07 bits per heavy atom. The maximum atomic E-state index is 11.3. The van der Waals surface area contributed by atoms with E-state index in [9.17, 15) is 9.59 Å². The predicted molar refractivity (Wildman–Crippen MR) is 61.6 cm³/mol. The molecule has 0 aromatic heterocycles. The molecule has 3 nitrogen and oxygen atoms in total. The number of Topliss-reactive ketones (excluding diaryl/α,β-unsaturated/α-hetero) is 1. The van der Waals surface area contributed by atoms with Crippen LogP contribution < -0.4 is 0 Å². The van der Waals surface area contributed by atoms with Crippen LogP contribution in [0, 0.1) is 11.8 Å². The molecule has 0 N–H and O–H groups in total. The molecule has 0 bridgehead atoms. The normalized spacial score (nSPS) is 13.6. The van der Waals surface area contributed by atoms with Gasteiger partial charge in [-0.1, -0.05) is 35.1 Å². The maximum absolute atomic E-state index is 11.3. The van der Waals surface area contributed by atoms with Gasteiger partial charge in [0.25, 0.3) is 0 Å². The van der Waals surface area contributed by atoms with Gasteiger partial charge >= 0.3 is 5.97 Å². The highest BCUT2D eigenvalue weighted by Crippen LogP contribution is 2.06. The van der Waals surface area contributed by atoms with E-state index in [1.807, 2.05) is 20.8 Å². The van der Waals surface area contributed by atoms with Gasteiger partial charge in [-0.05, 0) is 12.8 Å². The zero-order valence-corrected chi connectivity index (χ0v) is 9.50. The average Bonchev–Trinajstić information content (AvgIpc) is 2.22. The fourth-order valence-electron chi connectivity index (χ4n) is 0.821. The number of carbonyl (C=O) groups is 2. The van der Waals surface area contributed by atoms with Gasteiger partial charge < -0.3 is 4.74 Å². The van der Waals surface area contributed by atoms with Crippen LogP contribution in [0.2, 0.25) is 0 Å². The predicted octanol–water partition coefficient (Wildman–Crippen LogP) is 2.83. The van der Waals surface area contributed by atoms with Crippen molar-refractivity contribution in [2.45, 2.75) is 48.0 Å². The van der Waals surface area contributed by atoms with Crippen LogP contribution in [0.15, 0.2) is 0 Å². The summed E-state index contributed by atoms with van der Waals surface area (Å²) in [4.78, 5) is 22.5. The molecule has 0 rings (SSSR count). The topological polar surface area (TPSA) is 43.4 Å². The molecule has 0 radical (unpaired) electrons. The van der Waals surface area contributed by atoms with Crippen molar-refractivity contribution in [1.29, 1.82) is 0 Å². The summed E-state index contributed by atoms with van der Waals surface area (Å²) in [6.45, 7) is 7.44. The molecule has 3 heteroatoms. The molecule has 0 spiro atoms. The van der Waals surface area contributed by atoms with E-state index < -0.39 is 0 Å². The Morgan fingerprint density at radius 3 is 1.93 bits per heavy atom. The lowest BCUT2D eigenvalue weighted by molar-refractivity contribution is -0.152. The fourth-order valence-corrected chi connectivity index (χ4v) is 0.821. The molecule has 2 unspecified atom stereocenters. The van der Waals surface area contributed by atoms with Gasteiger partial charge in [-0.2, -0.15) is 0 Å². The van der Waals surface area contributed by atoms with Gasteiger partial charge in [0, 0.05) is 5.92 Å². The SMILES string of the molecule is C.CCC(C)C(=O)COC(=O)C(C)CC. The summed E-state index contributed by atoms with van der Waals surface area (Å²) in [6, 6.07) is 0. The second-order valence-corrected chi connectivity index (χ2v) is 3.69. The van der Waals surface area contributed by atoms with E-state index in [-0.39, 0.29) is 37.6 Å². The molecule has 0 aliphatic rings. The van der Waals surface area contributed by atoms with Crippen molar-refractivity contribution in [2.75, 3.05) is 6.61 Å². The summed E-state index contributed by atoms with van der Waals surface area (Å²) >= 11 is 0. The standard InChI is InChI=1S/C11H20O3.CH4/c1-5-8(3)10(12)7-14-11(13)9(4)6-2;/h8-9H,5-7H2,1-4H3;1H4. The van der Waals surface area contributed by atoms with Crippen LogP contribution in [0.1, 0.15) is 48.0 Å². The second-order valence-electron chi connectivity index (χ2n) is 3.69. The summed E-state index contributed by atoms with van der Waals surface area (Å²) in [5, 5.41) is 0. The van der Waals surface area contributed by atoms with Crippen LogP contribution in [0.4, 0.5) is 0 Å². The van der Waals surface area contributed by atoms with E-state index in [0.29, 0.717) is 0 Å². The number of hydrogen-bond donors (Lipinski definition) is 0. The third-order valence-electron chi connectivity index (χ3n) is 2.53. The quantitative estimate of drug-likeness (QED) is 0.641. The number of ketones is 1. The molecule has 0 fully saturated rings. The van der Waals surface area contributed by atoms with Crippen molar-refractivity contribution >= 4 is 11.8 Å². The lowest BCUT2D eigenvalue weighted by atomic mass is 10.0. The van der Waals surface area contributed by atoms with E-state index in [0.717, 1.165) is 12.8 Å². The van der Waals surface area contributed by atoms with E-state index in [4.69, 9.17) is 4.74 Å². The Bertz CT molecular complexity index is 177. The van der Waals surface area contributed by atoms with E-state index in [1.54, 1.807) is 6.92 Å². The summed E-state index contributed by atoms with van der Waals surface area (Å²) in [5.41, 5.74) is 0. The largest absolute Gasteiger partial charge is 0.457 e. The number of ether oxygens (including phenoxy) is 1.